The maximum absolute atomic E-state index is 13.0. The van der Waals surface area contributed by atoms with E-state index >= 15 is 0 Å². The van der Waals surface area contributed by atoms with Crippen molar-refractivity contribution in [2.45, 2.75) is 37.8 Å². The Morgan fingerprint density at radius 1 is 1.33 bits per heavy atom. The van der Waals surface area contributed by atoms with Crippen LogP contribution in [0.25, 0.3) is 0 Å². The zero-order chi connectivity index (χ0) is 26.8. The van der Waals surface area contributed by atoms with Crippen LogP contribution in [0.1, 0.15) is 26.5 Å². The molecule has 2 atom stereocenters. The third-order valence-corrected chi connectivity index (χ3v) is 6.79. The largest absolute Gasteiger partial charge is 0.512 e. The Morgan fingerprint density at radius 2 is 2.03 bits per heavy atom. The molecule has 3 rings (SSSR count). The fourth-order valence-corrected chi connectivity index (χ4v) is 4.76. The van der Waals surface area contributed by atoms with Crippen LogP contribution in [0.2, 0.25) is 0 Å². The average Bonchev–Trinajstić information content (AvgIpc) is 3.21. The molecule has 5 N–H and O–H groups in total. The summed E-state index contributed by atoms with van der Waals surface area (Å²) >= 11 is 2.18. The standard InChI is InChI=1S/C19H21N5O10S2/c1-7(25)32-4-8-5-35-15-11(13(27)24(15)14(8)33-18(30)31)22-12(26)10(9-6-36-17(20)21-9)23-34-19(2,3)16(28)29/h6,11,15H,4-5H2,1-3H3,(H2,20,21)(H,22,26)(H,28,29)(H,30,31)/b23-10-/t11-,15-/m1/s1. The topological polar surface area (TPSA) is 220 Å². The summed E-state index contributed by atoms with van der Waals surface area (Å²) in [5, 5.41) is 25.2. The Labute approximate surface area is 211 Å². The Kier molecular flexibility index (Phi) is 7.73. The number of hydrogen-bond donors (Lipinski definition) is 4. The lowest BCUT2D eigenvalue weighted by Gasteiger charge is -2.49. The molecule has 0 bridgehead atoms. The summed E-state index contributed by atoms with van der Waals surface area (Å²) in [6, 6.07) is -1.11. The van der Waals surface area contributed by atoms with E-state index in [0.717, 1.165) is 16.2 Å². The number of nitrogen functional groups attached to an aromatic ring is 1. The molecule has 0 aliphatic carbocycles. The molecule has 36 heavy (non-hydrogen) atoms. The van der Waals surface area contributed by atoms with Crippen molar-refractivity contribution in [3.8, 4) is 0 Å². The number of nitrogens with two attached hydrogens (primary N) is 1. The number of aliphatic carboxylic acids is 1. The summed E-state index contributed by atoms with van der Waals surface area (Å²) in [5.41, 5.74) is 3.69. The number of esters is 1. The van der Waals surface area contributed by atoms with Crippen LogP contribution in [0.4, 0.5) is 9.93 Å². The van der Waals surface area contributed by atoms with Crippen LogP contribution in [0.3, 0.4) is 0 Å². The summed E-state index contributed by atoms with van der Waals surface area (Å²) in [7, 11) is 0. The average molecular weight is 544 g/mol. The highest BCUT2D eigenvalue weighted by Crippen LogP contribution is 2.40. The molecule has 17 heteroatoms. The van der Waals surface area contributed by atoms with E-state index in [4.69, 9.17) is 25.2 Å². The predicted octanol–water partition coefficient (Wildman–Crippen LogP) is 0.178. The zero-order valence-electron chi connectivity index (χ0n) is 19.0. The van der Waals surface area contributed by atoms with E-state index < -0.39 is 52.6 Å². The molecule has 0 saturated carbocycles. The van der Waals surface area contributed by atoms with E-state index in [2.05, 4.69) is 15.5 Å². The molecule has 0 aromatic carbocycles. The second-order valence-electron chi connectivity index (χ2n) is 7.84. The predicted molar refractivity (Wildman–Crippen MR) is 124 cm³/mol. The Morgan fingerprint density at radius 3 is 2.58 bits per heavy atom. The van der Waals surface area contributed by atoms with Gasteiger partial charge in [-0.05, 0) is 13.8 Å². The number of nitrogens with one attached hydrogen (secondary N) is 1. The number of fused-ring (bicyclic) bond motifs is 1. The second-order valence-corrected chi connectivity index (χ2v) is 9.83. The number of amides is 2. The number of carbonyl (C=O) groups excluding carboxylic acids is 3. The van der Waals surface area contributed by atoms with Crippen LogP contribution in [-0.4, -0.2) is 85.1 Å². The van der Waals surface area contributed by atoms with E-state index in [9.17, 15) is 29.1 Å². The minimum absolute atomic E-state index is 0.00502. The van der Waals surface area contributed by atoms with Gasteiger partial charge in [-0.1, -0.05) is 5.16 Å². The van der Waals surface area contributed by atoms with Gasteiger partial charge in [0.15, 0.2) is 10.8 Å². The molecule has 3 heterocycles. The van der Waals surface area contributed by atoms with Crippen molar-refractivity contribution in [3.05, 3.63) is 22.5 Å². The second kappa shape index (κ2) is 10.4. The number of thiazole rings is 1. The van der Waals surface area contributed by atoms with E-state index in [1.54, 1.807) is 0 Å². The quantitative estimate of drug-likeness (QED) is 0.141. The first-order valence-corrected chi connectivity index (χ1v) is 12.0. The number of carboxylic acid groups (broad SMARTS) is 2. The van der Waals surface area contributed by atoms with Crippen LogP contribution >= 0.6 is 23.1 Å². The molecule has 0 unspecified atom stereocenters. The molecule has 194 valence electrons. The lowest BCUT2D eigenvalue weighted by atomic mass is 10.1. The SMILES string of the molecule is CC(=O)OCC1=C(OC(=O)O)N2C(=O)[C@@H](NC(=O)/C(=N\OC(C)(C)C(=O)O)c3csc(N)n3)[C@H]2SC1. The van der Waals surface area contributed by atoms with Crippen LogP contribution < -0.4 is 11.1 Å². The summed E-state index contributed by atoms with van der Waals surface area (Å²) in [6.45, 7) is 3.34. The first-order valence-electron chi connectivity index (χ1n) is 10.0. The Hall–Kier alpha value is -3.86. The molecule has 2 aliphatic heterocycles. The van der Waals surface area contributed by atoms with E-state index in [0.29, 0.717) is 0 Å². The molecule has 2 amide bonds. The molecule has 1 aromatic rings. The van der Waals surface area contributed by atoms with Gasteiger partial charge in [-0.2, -0.15) is 0 Å². The monoisotopic (exact) mass is 543 g/mol. The van der Waals surface area contributed by atoms with Crippen molar-refractivity contribution >= 4 is 63.9 Å². The zero-order valence-corrected chi connectivity index (χ0v) is 20.7. The summed E-state index contributed by atoms with van der Waals surface area (Å²) < 4.78 is 9.68. The van der Waals surface area contributed by atoms with Crippen molar-refractivity contribution in [2.75, 3.05) is 18.1 Å². The van der Waals surface area contributed by atoms with Gasteiger partial charge in [-0.25, -0.2) is 14.6 Å². The van der Waals surface area contributed by atoms with Gasteiger partial charge < -0.3 is 35.6 Å². The molecule has 1 aromatic heterocycles. The van der Waals surface area contributed by atoms with Gasteiger partial charge in [-0.15, -0.1) is 23.1 Å². The van der Waals surface area contributed by atoms with Gasteiger partial charge >= 0.3 is 18.1 Å². The Balaban J connectivity index is 1.82. The fourth-order valence-electron chi connectivity index (χ4n) is 2.91. The van der Waals surface area contributed by atoms with Gasteiger partial charge in [0, 0.05) is 23.6 Å². The third-order valence-electron chi connectivity index (χ3n) is 4.77. The molecule has 1 saturated heterocycles. The van der Waals surface area contributed by atoms with Crippen molar-refractivity contribution in [3.63, 3.8) is 0 Å². The number of oxime groups is 1. The maximum Gasteiger partial charge on any atom is 0.512 e. The van der Waals surface area contributed by atoms with Crippen LogP contribution in [0.5, 0.6) is 0 Å². The number of aromatic nitrogens is 1. The molecule has 15 nitrogen and oxygen atoms in total. The molecule has 2 aliphatic rings. The smallest absolute Gasteiger partial charge is 0.478 e. The lowest BCUT2D eigenvalue weighted by Crippen LogP contribution is -2.70. The molecular weight excluding hydrogens is 522 g/mol. The number of carbonyl (C=O) groups is 5. The number of rotatable bonds is 9. The third kappa shape index (κ3) is 5.68. The normalized spacial score (nSPS) is 19.7. The van der Waals surface area contributed by atoms with E-state index in [-0.39, 0.29) is 34.6 Å². The van der Waals surface area contributed by atoms with Gasteiger partial charge in [0.1, 0.15) is 23.7 Å². The highest BCUT2D eigenvalue weighted by Gasteiger charge is 2.54. The molecular formula is C19H21N5O10S2. The van der Waals surface area contributed by atoms with Crippen molar-refractivity contribution in [1.29, 1.82) is 0 Å². The lowest BCUT2D eigenvalue weighted by molar-refractivity contribution is -0.161. The Bertz CT molecular complexity index is 1180. The minimum atomic E-state index is -1.78. The number of ether oxygens (including phenoxy) is 2. The molecule has 1 fully saturated rings. The first kappa shape index (κ1) is 26.7. The number of hydrogen-bond acceptors (Lipinski definition) is 13. The molecule has 0 radical (unpaired) electrons. The maximum atomic E-state index is 13.0. The summed E-state index contributed by atoms with van der Waals surface area (Å²) in [6.07, 6.45) is -1.68. The van der Waals surface area contributed by atoms with Crippen LogP contribution in [-0.2, 0) is 33.5 Å². The highest BCUT2D eigenvalue weighted by atomic mass is 32.2. The van der Waals surface area contributed by atoms with Gasteiger partial charge in [-0.3, -0.25) is 19.3 Å². The van der Waals surface area contributed by atoms with Gasteiger partial charge in [0.2, 0.25) is 11.5 Å². The first-order chi connectivity index (χ1) is 16.8. The van der Waals surface area contributed by atoms with Crippen molar-refractivity contribution < 1.29 is 48.5 Å². The number of thioether (sulfide) groups is 1. The summed E-state index contributed by atoms with van der Waals surface area (Å²) in [5.74, 6) is -3.69. The van der Waals surface area contributed by atoms with E-state index in [1.165, 1.54) is 37.9 Å². The summed E-state index contributed by atoms with van der Waals surface area (Å²) in [4.78, 5) is 69.6. The number of anilines is 1. The van der Waals surface area contributed by atoms with E-state index in [1.807, 2.05) is 0 Å². The number of carboxylic acids is 1. The van der Waals surface area contributed by atoms with Crippen molar-refractivity contribution in [1.82, 2.24) is 15.2 Å². The van der Waals surface area contributed by atoms with Crippen molar-refractivity contribution in [2.24, 2.45) is 5.16 Å². The number of β-lactam (4-membered cyclic amide) rings is 1. The minimum Gasteiger partial charge on any atom is -0.478 e. The van der Waals surface area contributed by atoms with Crippen LogP contribution in [0.15, 0.2) is 22.0 Å². The molecule has 0 spiro atoms. The van der Waals surface area contributed by atoms with Crippen LogP contribution in [0, 0.1) is 0 Å². The van der Waals surface area contributed by atoms with Gasteiger partial charge in [0.05, 0.1) is 0 Å². The fraction of sp³-hybridized carbons (Fsp3) is 0.421. The van der Waals surface area contributed by atoms with Gasteiger partial charge in [0.25, 0.3) is 11.8 Å². The number of nitrogens with zero attached hydrogens (tertiary/aromatic N) is 3. The highest BCUT2D eigenvalue weighted by molar-refractivity contribution is 8.00.